The highest BCUT2D eigenvalue weighted by Crippen LogP contribution is 2.39. The molecule has 6 nitrogen and oxygen atoms in total. The van der Waals surface area contributed by atoms with Crippen LogP contribution in [0.4, 0.5) is 0 Å². The number of hydrogen-bond acceptors (Lipinski definition) is 4. The fourth-order valence-electron chi connectivity index (χ4n) is 3.19. The van der Waals surface area contributed by atoms with Crippen LogP contribution in [-0.4, -0.2) is 44.7 Å². The van der Waals surface area contributed by atoms with Gasteiger partial charge in [-0.15, -0.1) is 5.10 Å². The molecule has 1 aliphatic carbocycles. The molecule has 0 radical (unpaired) electrons. The SMILES string of the molecule is O=C(CCCC(=O)N1CC(n2cc(C3CC3)nn2)C1)c1ccccc1. The Hall–Kier alpha value is -2.50. The van der Waals surface area contributed by atoms with Crippen LogP contribution in [-0.2, 0) is 4.79 Å². The van der Waals surface area contributed by atoms with E-state index < -0.39 is 0 Å². The van der Waals surface area contributed by atoms with Gasteiger partial charge in [0.1, 0.15) is 0 Å². The quantitative estimate of drug-likeness (QED) is 0.728. The Morgan fingerprint density at radius 3 is 2.56 bits per heavy atom. The number of nitrogens with zero attached hydrogens (tertiary/aromatic N) is 4. The number of benzene rings is 1. The van der Waals surface area contributed by atoms with E-state index in [0.717, 1.165) is 11.3 Å². The van der Waals surface area contributed by atoms with Gasteiger partial charge in [-0.2, -0.15) is 0 Å². The Labute approximate surface area is 146 Å². The number of likely N-dealkylation sites (tertiary alicyclic amines) is 1. The molecule has 0 spiro atoms. The molecule has 0 bridgehead atoms. The van der Waals surface area contributed by atoms with Crippen LogP contribution in [0.5, 0.6) is 0 Å². The number of amides is 1. The van der Waals surface area contributed by atoms with Crippen molar-refractivity contribution in [3.8, 4) is 0 Å². The van der Waals surface area contributed by atoms with Gasteiger partial charge in [-0.1, -0.05) is 35.5 Å². The fraction of sp³-hybridized carbons (Fsp3) is 0.474. The van der Waals surface area contributed by atoms with Gasteiger partial charge in [-0.05, 0) is 19.3 Å². The van der Waals surface area contributed by atoms with Crippen LogP contribution < -0.4 is 0 Å². The van der Waals surface area contributed by atoms with Crippen LogP contribution >= 0.6 is 0 Å². The van der Waals surface area contributed by atoms with Crippen molar-refractivity contribution in [1.29, 1.82) is 0 Å². The molecule has 1 aromatic heterocycles. The Morgan fingerprint density at radius 2 is 1.84 bits per heavy atom. The lowest BCUT2D eigenvalue weighted by molar-refractivity contribution is -0.137. The van der Waals surface area contributed by atoms with E-state index in [0.29, 0.717) is 38.3 Å². The van der Waals surface area contributed by atoms with Gasteiger partial charge < -0.3 is 4.90 Å². The minimum atomic E-state index is 0.102. The van der Waals surface area contributed by atoms with E-state index >= 15 is 0 Å². The van der Waals surface area contributed by atoms with Gasteiger partial charge in [0.05, 0.1) is 11.7 Å². The van der Waals surface area contributed by atoms with Crippen molar-refractivity contribution in [1.82, 2.24) is 19.9 Å². The summed E-state index contributed by atoms with van der Waals surface area (Å²) in [6.07, 6.45) is 5.91. The number of rotatable bonds is 7. The highest BCUT2D eigenvalue weighted by molar-refractivity contribution is 5.96. The normalized spacial score (nSPS) is 17.4. The number of Topliss-reactive ketones (excluding diaryl/α,β-unsaturated/α-hetero) is 1. The summed E-state index contributed by atoms with van der Waals surface area (Å²) in [5.74, 6) is 0.832. The molecule has 2 fully saturated rings. The maximum absolute atomic E-state index is 12.2. The van der Waals surface area contributed by atoms with Gasteiger partial charge in [0, 0.05) is 43.6 Å². The fourth-order valence-corrected chi connectivity index (χ4v) is 3.19. The second kappa shape index (κ2) is 6.78. The van der Waals surface area contributed by atoms with Gasteiger partial charge in [-0.25, -0.2) is 4.68 Å². The van der Waals surface area contributed by atoms with E-state index in [-0.39, 0.29) is 17.7 Å². The zero-order chi connectivity index (χ0) is 17.2. The smallest absolute Gasteiger partial charge is 0.222 e. The zero-order valence-corrected chi connectivity index (χ0v) is 14.2. The molecular formula is C19H22N4O2. The third-order valence-electron chi connectivity index (χ3n) is 5.00. The molecule has 130 valence electrons. The molecule has 6 heteroatoms. The van der Waals surface area contributed by atoms with Crippen LogP contribution in [0.15, 0.2) is 36.5 Å². The van der Waals surface area contributed by atoms with Gasteiger partial charge in [0.15, 0.2) is 5.78 Å². The van der Waals surface area contributed by atoms with Crippen molar-refractivity contribution in [2.45, 2.75) is 44.1 Å². The standard InChI is InChI=1S/C19H22N4O2/c24-18(15-5-2-1-3-6-15)7-4-8-19(25)22-11-16(12-22)23-13-17(20-21-23)14-9-10-14/h1-3,5-6,13-14,16H,4,7-12H2. The first kappa shape index (κ1) is 16.0. The maximum Gasteiger partial charge on any atom is 0.222 e. The van der Waals surface area contributed by atoms with Gasteiger partial charge in [0.2, 0.25) is 5.91 Å². The molecule has 1 amide bonds. The zero-order valence-electron chi connectivity index (χ0n) is 14.2. The van der Waals surface area contributed by atoms with Crippen molar-refractivity contribution in [3.05, 3.63) is 47.8 Å². The molecule has 1 saturated carbocycles. The average molecular weight is 338 g/mol. The first-order chi connectivity index (χ1) is 12.2. The molecule has 25 heavy (non-hydrogen) atoms. The van der Waals surface area contributed by atoms with Crippen molar-refractivity contribution < 1.29 is 9.59 Å². The first-order valence-electron chi connectivity index (χ1n) is 8.98. The number of carbonyl (C=O) groups excluding carboxylic acids is 2. The number of hydrogen-bond donors (Lipinski definition) is 0. The van der Waals surface area contributed by atoms with Gasteiger partial charge in [0.25, 0.3) is 0 Å². The summed E-state index contributed by atoms with van der Waals surface area (Å²) < 4.78 is 1.90. The van der Waals surface area contributed by atoms with Gasteiger partial charge in [-0.3, -0.25) is 9.59 Å². The number of aromatic nitrogens is 3. The van der Waals surface area contributed by atoms with Crippen LogP contribution in [0.1, 0.15) is 60.1 Å². The van der Waals surface area contributed by atoms with E-state index in [1.54, 1.807) is 0 Å². The lowest BCUT2D eigenvalue weighted by Gasteiger charge is -2.39. The van der Waals surface area contributed by atoms with Crippen LogP contribution in [0.3, 0.4) is 0 Å². The molecule has 0 N–H and O–H groups in total. The lowest BCUT2D eigenvalue weighted by Crippen LogP contribution is -2.50. The number of ketones is 1. The molecule has 2 aliphatic rings. The summed E-state index contributed by atoms with van der Waals surface area (Å²) in [7, 11) is 0. The lowest BCUT2D eigenvalue weighted by atomic mass is 10.0. The second-order valence-electron chi connectivity index (χ2n) is 6.99. The Morgan fingerprint density at radius 1 is 1.08 bits per heavy atom. The number of carbonyl (C=O) groups is 2. The van der Waals surface area contributed by atoms with Crippen LogP contribution in [0.25, 0.3) is 0 Å². The topological polar surface area (TPSA) is 68.1 Å². The average Bonchev–Trinajstić information content (AvgIpc) is 3.33. The largest absolute Gasteiger partial charge is 0.338 e. The third-order valence-corrected chi connectivity index (χ3v) is 5.00. The Bertz CT molecular complexity index is 761. The summed E-state index contributed by atoms with van der Waals surface area (Å²) in [5, 5.41) is 8.42. The Kier molecular flexibility index (Phi) is 4.34. The van der Waals surface area contributed by atoms with Crippen LogP contribution in [0.2, 0.25) is 0 Å². The first-order valence-corrected chi connectivity index (χ1v) is 8.98. The molecular weight excluding hydrogens is 316 g/mol. The second-order valence-corrected chi connectivity index (χ2v) is 6.99. The molecule has 4 rings (SSSR count). The summed E-state index contributed by atoms with van der Waals surface area (Å²) in [6, 6.07) is 9.49. The third kappa shape index (κ3) is 3.62. The predicted molar refractivity (Wildman–Crippen MR) is 92.2 cm³/mol. The van der Waals surface area contributed by atoms with E-state index in [9.17, 15) is 9.59 Å². The van der Waals surface area contributed by atoms with E-state index in [2.05, 4.69) is 10.3 Å². The summed E-state index contributed by atoms with van der Waals surface area (Å²) >= 11 is 0. The summed E-state index contributed by atoms with van der Waals surface area (Å²) in [5.41, 5.74) is 1.81. The Balaban J connectivity index is 1.19. The maximum atomic E-state index is 12.2. The molecule has 1 aromatic carbocycles. The predicted octanol–water partition coefficient (Wildman–Crippen LogP) is 2.59. The molecule has 1 aliphatic heterocycles. The minimum Gasteiger partial charge on any atom is -0.338 e. The van der Waals surface area contributed by atoms with E-state index in [1.807, 2.05) is 46.1 Å². The molecule has 2 heterocycles. The summed E-state index contributed by atoms with van der Waals surface area (Å²) in [4.78, 5) is 26.1. The van der Waals surface area contributed by atoms with E-state index in [4.69, 9.17) is 0 Å². The monoisotopic (exact) mass is 338 g/mol. The minimum absolute atomic E-state index is 0.102. The van der Waals surface area contributed by atoms with Crippen molar-refractivity contribution in [3.63, 3.8) is 0 Å². The van der Waals surface area contributed by atoms with Crippen molar-refractivity contribution in [2.75, 3.05) is 13.1 Å². The molecule has 1 saturated heterocycles. The summed E-state index contributed by atoms with van der Waals surface area (Å²) in [6.45, 7) is 1.39. The van der Waals surface area contributed by atoms with Gasteiger partial charge >= 0.3 is 0 Å². The molecule has 2 aromatic rings. The highest BCUT2D eigenvalue weighted by atomic mass is 16.2. The van der Waals surface area contributed by atoms with Crippen molar-refractivity contribution >= 4 is 11.7 Å². The van der Waals surface area contributed by atoms with Crippen molar-refractivity contribution in [2.24, 2.45) is 0 Å². The molecule has 0 unspecified atom stereocenters. The molecule has 0 atom stereocenters. The highest BCUT2D eigenvalue weighted by Gasteiger charge is 2.34. The van der Waals surface area contributed by atoms with Crippen LogP contribution in [0, 0.1) is 0 Å². The van der Waals surface area contributed by atoms with E-state index in [1.165, 1.54) is 12.8 Å².